The quantitative estimate of drug-likeness (QED) is 0.663. The Labute approximate surface area is 103 Å². The van der Waals surface area contributed by atoms with E-state index in [1.807, 2.05) is 6.92 Å². The number of carbonyl (C=O) groups is 1. The van der Waals surface area contributed by atoms with Crippen LogP contribution in [0.4, 0.5) is 0 Å². The van der Waals surface area contributed by atoms with E-state index < -0.39 is 0 Å². The highest BCUT2D eigenvalue weighted by molar-refractivity contribution is 5.86. The standard InChI is InChI=1S/C16H20O/c1-12(17)15(2)7-4-6-14-13(11-15)5-3-8-16(14)9-10-16/h4,6-7,11H,3,5,8-10H2,1-2H3. The topological polar surface area (TPSA) is 17.1 Å². The molecule has 0 bridgehead atoms. The van der Waals surface area contributed by atoms with Crippen molar-refractivity contribution in [1.82, 2.24) is 0 Å². The maximum Gasteiger partial charge on any atom is 0.143 e. The molecule has 0 aliphatic heterocycles. The van der Waals surface area contributed by atoms with Crippen molar-refractivity contribution in [2.24, 2.45) is 10.8 Å². The summed E-state index contributed by atoms with van der Waals surface area (Å²) in [5, 5.41) is 0. The first-order valence-electron chi connectivity index (χ1n) is 6.69. The smallest absolute Gasteiger partial charge is 0.143 e. The third-order valence-electron chi connectivity index (χ3n) is 4.81. The second-order valence-electron chi connectivity index (χ2n) is 6.08. The van der Waals surface area contributed by atoms with E-state index in [0.29, 0.717) is 5.41 Å². The van der Waals surface area contributed by atoms with Gasteiger partial charge in [0.25, 0.3) is 0 Å². The van der Waals surface area contributed by atoms with Crippen molar-refractivity contribution in [3.05, 3.63) is 35.5 Å². The van der Waals surface area contributed by atoms with E-state index in [0.717, 1.165) is 6.42 Å². The summed E-state index contributed by atoms with van der Waals surface area (Å²) in [5.41, 5.74) is 3.08. The molecule has 0 N–H and O–H groups in total. The SMILES string of the molecule is CC(=O)C1(C)C=CC=C2C(=C1)CCCC21CC1. The van der Waals surface area contributed by atoms with Crippen molar-refractivity contribution in [2.75, 3.05) is 0 Å². The minimum absolute atomic E-state index is 0.242. The Kier molecular flexibility index (Phi) is 2.23. The maximum absolute atomic E-state index is 11.8. The number of hydrogen-bond donors (Lipinski definition) is 0. The second-order valence-corrected chi connectivity index (χ2v) is 6.08. The monoisotopic (exact) mass is 228 g/mol. The molecule has 0 radical (unpaired) electrons. The third-order valence-corrected chi connectivity index (χ3v) is 4.81. The molecule has 3 rings (SSSR count). The lowest BCUT2D eigenvalue weighted by Gasteiger charge is -2.29. The Morgan fingerprint density at radius 1 is 1.29 bits per heavy atom. The lowest BCUT2D eigenvalue weighted by molar-refractivity contribution is -0.121. The molecule has 0 aromatic heterocycles. The van der Waals surface area contributed by atoms with Gasteiger partial charge in [-0.3, -0.25) is 4.79 Å². The van der Waals surface area contributed by atoms with Gasteiger partial charge >= 0.3 is 0 Å². The molecular weight excluding hydrogens is 208 g/mol. The van der Waals surface area contributed by atoms with Crippen LogP contribution in [0.3, 0.4) is 0 Å². The average molecular weight is 228 g/mol. The number of hydrogen-bond acceptors (Lipinski definition) is 1. The zero-order valence-corrected chi connectivity index (χ0v) is 10.8. The largest absolute Gasteiger partial charge is 0.299 e. The van der Waals surface area contributed by atoms with Crippen LogP contribution in [-0.2, 0) is 4.79 Å². The van der Waals surface area contributed by atoms with Crippen LogP contribution in [-0.4, -0.2) is 5.78 Å². The van der Waals surface area contributed by atoms with Crippen molar-refractivity contribution in [2.45, 2.75) is 46.0 Å². The molecule has 1 heteroatoms. The molecule has 2 fully saturated rings. The van der Waals surface area contributed by atoms with E-state index in [-0.39, 0.29) is 11.2 Å². The minimum Gasteiger partial charge on any atom is -0.299 e. The first-order chi connectivity index (χ1) is 8.06. The number of fused-ring (bicyclic) bond motifs is 2. The number of Topliss-reactive ketones (excluding diaryl/α,β-unsaturated/α-hetero) is 1. The summed E-state index contributed by atoms with van der Waals surface area (Å²) >= 11 is 0. The van der Waals surface area contributed by atoms with Crippen LogP contribution in [0, 0.1) is 10.8 Å². The summed E-state index contributed by atoms with van der Waals surface area (Å²) in [4.78, 5) is 11.8. The molecule has 2 saturated carbocycles. The van der Waals surface area contributed by atoms with Crippen LogP contribution in [0.5, 0.6) is 0 Å². The van der Waals surface area contributed by atoms with Crippen molar-refractivity contribution >= 4 is 5.78 Å². The lowest BCUT2D eigenvalue weighted by atomic mass is 9.75. The van der Waals surface area contributed by atoms with Gasteiger partial charge in [0.2, 0.25) is 0 Å². The van der Waals surface area contributed by atoms with Gasteiger partial charge in [0.05, 0.1) is 5.41 Å². The highest BCUT2D eigenvalue weighted by atomic mass is 16.1. The predicted molar refractivity (Wildman–Crippen MR) is 69.6 cm³/mol. The van der Waals surface area contributed by atoms with E-state index in [1.165, 1.54) is 36.8 Å². The van der Waals surface area contributed by atoms with Gasteiger partial charge in [0.15, 0.2) is 0 Å². The number of rotatable bonds is 1. The van der Waals surface area contributed by atoms with Crippen LogP contribution in [0.25, 0.3) is 0 Å². The van der Waals surface area contributed by atoms with Crippen LogP contribution < -0.4 is 0 Å². The molecule has 1 spiro atoms. The number of allylic oxidation sites excluding steroid dienone is 6. The Morgan fingerprint density at radius 3 is 2.71 bits per heavy atom. The third kappa shape index (κ3) is 1.64. The molecule has 17 heavy (non-hydrogen) atoms. The van der Waals surface area contributed by atoms with Gasteiger partial charge in [-0.15, -0.1) is 0 Å². The first-order valence-corrected chi connectivity index (χ1v) is 6.69. The molecule has 0 heterocycles. The minimum atomic E-state index is -0.388. The van der Waals surface area contributed by atoms with Crippen LogP contribution in [0.15, 0.2) is 35.5 Å². The van der Waals surface area contributed by atoms with Gasteiger partial charge in [0.1, 0.15) is 5.78 Å². The molecule has 1 atom stereocenters. The van der Waals surface area contributed by atoms with Crippen molar-refractivity contribution in [3.8, 4) is 0 Å². The Bertz CT molecular complexity index is 460. The van der Waals surface area contributed by atoms with Gasteiger partial charge in [-0.1, -0.05) is 24.3 Å². The molecule has 3 aliphatic carbocycles. The fourth-order valence-electron chi connectivity index (χ4n) is 3.30. The highest BCUT2D eigenvalue weighted by Crippen LogP contribution is 2.61. The normalized spacial score (nSPS) is 33.5. The summed E-state index contributed by atoms with van der Waals surface area (Å²) in [7, 11) is 0. The molecule has 1 unspecified atom stereocenters. The molecule has 1 nitrogen and oxygen atoms in total. The maximum atomic E-state index is 11.8. The summed E-state index contributed by atoms with van der Waals surface area (Å²) in [5.74, 6) is 0.242. The summed E-state index contributed by atoms with van der Waals surface area (Å²) in [6, 6.07) is 0. The Morgan fingerprint density at radius 2 is 2.06 bits per heavy atom. The Balaban J connectivity index is 2.05. The van der Waals surface area contributed by atoms with Crippen LogP contribution in [0.2, 0.25) is 0 Å². The van der Waals surface area contributed by atoms with Crippen LogP contribution >= 0.6 is 0 Å². The summed E-state index contributed by atoms with van der Waals surface area (Å²) in [6.07, 6.45) is 15.1. The van der Waals surface area contributed by atoms with E-state index in [2.05, 4.69) is 24.3 Å². The molecule has 0 saturated heterocycles. The van der Waals surface area contributed by atoms with Crippen molar-refractivity contribution in [3.63, 3.8) is 0 Å². The molecule has 3 aliphatic rings. The van der Waals surface area contributed by atoms with Crippen LogP contribution in [0.1, 0.15) is 46.0 Å². The molecule has 90 valence electrons. The predicted octanol–water partition coefficient (Wildman–Crippen LogP) is 3.97. The average Bonchev–Trinajstić information content (AvgIpc) is 3.04. The van der Waals surface area contributed by atoms with E-state index in [9.17, 15) is 4.79 Å². The molecule has 0 aromatic carbocycles. The zero-order chi connectivity index (χ0) is 12.1. The van der Waals surface area contributed by atoms with Crippen molar-refractivity contribution in [1.29, 1.82) is 0 Å². The van der Waals surface area contributed by atoms with Crippen molar-refractivity contribution < 1.29 is 4.79 Å². The number of carbonyl (C=O) groups excluding carboxylic acids is 1. The fraction of sp³-hybridized carbons (Fsp3) is 0.562. The van der Waals surface area contributed by atoms with E-state index in [1.54, 1.807) is 6.92 Å². The van der Waals surface area contributed by atoms with Gasteiger partial charge in [-0.25, -0.2) is 0 Å². The second kappa shape index (κ2) is 3.44. The zero-order valence-electron chi connectivity index (χ0n) is 10.8. The van der Waals surface area contributed by atoms with E-state index >= 15 is 0 Å². The summed E-state index contributed by atoms with van der Waals surface area (Å²) in [6.45, 7) is 3.73. The molecular formula is C16H20O. The summed E-state index contributed by atoms with van der Waals surface area (Å²) < 4.78 is 0. The number of ketones is 1. The van der Waals surface area contributed by atoms with E-state index in [4.69, 9.17) is 0 Å². The van der Waals surface area contributed by atoms with Gasteiger partial charge in [-0.2, -0.15) is 0 Å². The van der Waals surface area contributed by atoms with Gasteiger partial charge in [-0.05, 0) is 62.5 Å². The lowest BCUT2D eigenvalue weighted by Crippen LogP contribution is -2.22. The van der Waals surface area contributed by atoms with Gasteiger partial charge in [0, 0.05) is 0 Å². The fourth-order valence-corrected chi connectivity index (χ4v) is 3.30. The van der Waals surface area contributed by atoms with Gasteiger partial charge < -0.3 is 0 Å². The first kappa shape index (κ1) is 11.0. The molecule has 0 aromatic rings. The molecule has 0 amide bonds. The Hall–Kier alpha value is -1.11. The highest BCUT2D eigenvalue weighted by Gasteiger charge is 2.48.